The van der Waals surface area contributed by atoms with Crippen molar-refractivity contribution < 1.29 is 9.90 Å². The Hall–Kier alpha value is -0.530. The molecule has 0 heterocycles. The van der Waals surface area contributed by atoms with Crippen LogP contribution in [0.1, 0.15) is 51.4 Å². The molecular formula is C12H20O2. The predicted molar refractivity (Wildman–Crippen MR) is 55.0 cm³/mol. The molecule has 0 radical (unpaired) electrons. The molecule has 0 aromatic heterocycles. The summed E-state index contributed by atoms with van der Waals surface area (Å²) in [5.74, 6) is 1.96. The summed E-state index contributed by atoms with van der Waals surface area (Å²) in [6.45, 7) is 0. The third kappa shape index (κ3) is 2.49. The molecule has 0 aliphatic heterocycles. The first kappa shape index (κ1) is 10.0. The van der Waals surface area contributed by atoms with Gasteiger partial charge in [0.1, 0.15) is 0 Å². The first-order valence-corrected chi connectivity index (χ1v) is 5.96. The summed E-state index contributed by atoms with van der Waals surface area (Å²) in [7, 11) is 0. The van der Waals surface area contributed by atoms with Crippen molar-refractivity contribution in [3.63, 3.8) is 0 Å². The van der Waals surface area contributed by atoms with E-state index in [2.05, 4.69) is 0 Å². The van der Waals surface area contributed by atoms with E-state index >= 15 is 0 Å². The molecule has 2 atom stereocenters. The zero-order valence-corrected chi connectivity index (χ0v) is 8.74. The van der Waals surface area contributed by atoms with E-state index in [9.17, 15) is 4.79 Å². The highest BCUT2D eigenvalue weighted by atomic mass is 16.4. The quantitative estimate of drug-likeness (QED) is 0.753. The SMILES string of the molecule is O=C(O)CCC1CC2CCCC(C2)C1. The van der Waals surface area contributed by atoms with Crippen molar-refractivity contribution in [1.29, 1.82) is 0 Å². The number of fused-ring (bicyclic) bond motifs is 2. The number of rotatable bonds is 3. The molecule has 2 heteroatoms. The minimum atomic E-state index is -0.624. The van der Waals surface area contributed by atoms with Crippen LogP contribution in [-0.4, -0.2) is 11.1 Å². The van der Waals surface area contributed by atoms with Gasteiger partial charge in [0.15, 0.2) is 0 Å². The molecular weight excluding hydrogens is 176 g/mol. The van der Waals surface area contributed by atoms with Gasteiger partial charge < -0.3 is 5.11 Å². The van der Waals surface area contributed by atoms with Gasteiger partial charge in [-0.25, -0.2) is 0 Å². The maximum atomic E-state index is 10.5. The Morgan fingerprint density at radius 2 is 1.79 bits per heavy atom. The lowest BCUT2D eigenvalue weighted by atomic mass is 9.67. The normalized spacial score (nSPS) is 36.7. The monoisotopic (exact) mass is 196 g/mol. The summed E-state index contributed by atoms with van der Waals surface area (Å²) in [5, 5.41) is 8.65. The Bertz CT molecular complexity index is 200. The predicted octanol–water partition coefficient (Wildman–Crippen LogP) is 3.07. The van der Waals surface area contributed by atoms with Gasteiger partial charge in [-0.15, -0.1) is 0 Å². The first-order chi connectivity index (χ1) is 6.74. The Morgan fingerprint density at radius 3 is 2.36 bits per heavy atom. The minimum Gasteiger partial charge on any atom is -0.481 e. The highest BCUT2D eigenvalue weighted by Gasteiger charge is 2.31. The van der Waals surface area contributed by atoms with E-state index in [1.54, 1.807) is 0 Å². The zero-order valence-electron chi connectivity index (χ0n) is 8.74. The van der Waals surface area contributed by atoms with Crippen molar-refractivity contribution in [2.45, 2.75) is 51.4 Å². The van der Waals surface area contributed by atoms with Gasteiger partial charge in [0.25, 0.3) is 0 Å². The lowest BCUT2D eigenvalue weighted by Crippen LogP contribution is -2.27. The van der Waals surface area contributed by atoms with Crippen LogP contribution >= 0.6 is 0 Å². The molecule has 0 aromatic rings. The summed E-state index contributed by atoms with van der Waals surface area (Å²) in [6.07, 6.45) is 9.57. The average Bonchev–Trinajstić information content (AvgIpc) is 2.14. The molecule has 2 fully saturated rings. The molecule has 2 bridgehead atoms. The maximum Gasteiger partial charge on any atom is 0.303 e. The van der Waals surface area contributed by atoms with Crippen molar-refractivity contribution in [2.24, 2.45) is 17.8 Å². The van der Waals surface area contributed by atoms with E-state index in [-0.39, 0.29) is 0 Å². The van der Waals surface area contributed by atoms with Crippen molar-refractivity contribution in [2.75, 3.05) is 0 Å². The van der Waals surface area contributed by atoms with Crippen LogP contribution in [0.2, 0.25) is 0 Å². The number of hydrogen-bond donors (Lipinski definition) is 1. The van der Waals surface area contributed by atoms with Crippen LogP contribution in [0.4, 0.5) is 0 Å². The lowest BCUT2D eigenvalue weighted by Gasteiger charge is -2.39. The van der Waals surface area contributed by atoms with Crippen LogP contribution in [0, 0.1) is 17.8 Å². The van der Waals surface area contributed by atoms with Crippen molar-refractivity contribution in [3.8, 4) is 0 Å². The first-order valence-electron chi connectivity index (χ1n) is 5.96. The molecule has 2 aliphatic carbocycles. The number of carbonyl (C=O) groups is 1. The fraction of sp³-hybridized carbons (Fsp3) is 0.917. The Morgan fingerprint density at radius 1 is 1.14 bits per heavy atom. The second-order valence-corrected chi connectivity index (χ2v) is 5.17. The topological polar surface area (TPSA) is 37.3 Å². The van der Waals surface area contributed by atoms with Crippen molar-refractivity contribution >= 4 is 5.97 Å². The van der Waals surface area contributed by atoms with E-state index < -0.39 is 5.97 Å². The van der Waals surface area contributed by atoms with Crippen LogP contribution in [-0.2, 0) is 4.79 Å². The molecule has 1 N–H and O–H groups in total. The molecule has 2 aliphatic rings. The summed E-state index contributed by atoms with van der Waals surface area (Å²) in [4.78, 5) is 10.5. The van der Waals surface area contributed by atoms with Gasteiger partial charge in [-0.3, -0.25) is 4.79 Å². The number of hydrogen-bond acceptors (Lipinski definition) is 1. The summed E-state index contributed by atoms with van der Waals surface area (Å²) >= 11 is 0. The largest absolute Gasteiger partial charge is 0.481 e. The van der Waals surface area contributed by atoms with Gasteiger partial charge in [0.2, 0.25) is 0 Å². The smallest absolute Gasteiger partial charge is 0.303 e. The molecule has 80 valence electrons. The number of aliphatic carboxylic acids is 1. The Labute approximate surface area is 85.7 Å². The van der Waals surface area contributed by atoms with Crippen molar-refractivity contribution in [3.05, 3.63) is 0 Å². The molecule has 2 nitrogen and oxygen atoms in total. The highest BCUT2D eigenvalue weighted by molar-refractivity contribution is 5.66. The highest BCUT2D eigenvalue weighted by Crippen LogP contribution is 2.43. The second-order valence-electron chi connectivity index (χ2n) is 5.17. The van der Waals surface area contributed by atoms with Gasteiger partial charge >= 0.3 is 5.97 Å². The lowest BCUT2D eigenvalue weighted by molar-refractivity contribution is -0.137. The zero-order chi connectivity index (χ0) is 9.97. The number of carboxylic acids is 1. The standard InChI is InChI=1S/C12H20O2/c13-12(14)5-4-11-7-9-2-1-3-10(6-9)8-11/h9-11H,1-8H2,(H,13,14). The van der Waals surface area contributed by atoms with E-state index in [0.29, 0.717) is 6.42 Å². The molecule has 0 aromatic carbocycles. The maximum absolute atomic E-state index is 10.5. The molecule has 0 saturated heterocycles. The van der Waals surface area contributed by atoms with Gasteiger partial charge in [0.05, 0.1) is 0 Å². The van der Waals surface area contributed by atoms with Gasteiger partial charge in [-0.2, -0.15) is 0 Å². The molecule has 2 rings (SSSR count). The van der Waals surface area contributed by atoms with E-state index in [1.807, 2.05) is 0 Å². The van der Waals surface area contributed by atoms with Crippen LogP contribution in [0.15, 0.2) is 0 Å². The Kier molecular flexibility index (Phi) is 3.09. The summed E-state index contributed by atoms with van der Waals surface area (Å²) < 4.78 is 0. The molecule has 2 saturated carbocycles. The number of carboxylic acid groups (broad SMARTS) is 1. The summed E-state index contributed by atoms with van der Waals surface area (Å²) in [6, 6.07) is 0. The fourth-order valence-electron chi connectivity index (χ4n) is 3.43. The fourth-order valence-corrected chi connectivity index (χ4v) is 3.43. The van der Waals surface area contributed by atoms with Crippen LogP contribution in [0.25, 0.3) is 0 Å². The average molecular weight is 196 g/mol. The van der Waals surface area contributed by atoms with Gasteiger partial charge in [-0.1, -0.05) is 19.3 Å². The molecule has 0 spiro atoms. The van der Waals surface area contributed by atoms with Crippen molar-refractivity contribution in [1.82, 2.24) is 0 Å². The Balaban J connectivity index is 1.80. The van der Waals surface area contributed by atoms with Gasteiger partial charge in [0, 0.05) is 6.42 Å². The van der Waals surface area contributed by atoms with E-state index in [0.717, 1.165) is 24.2 Å². The minimum absolute atomic E-state index is 0.379. The second kappa shape index (κ2) is 4.33. The third-order valence-corrected chi connectivity index (χ3v) is 3.99. The van der Waals surface area contributed by atoms with E-state index in [4.69, 9.17) is 5.11 Å². The summed E-state index contributed by atoms with van der Waals surface area (Å²) in [5.41, 5.74) is 0. The van der Waals surface area contributed by atoms with E-state index in [1.165, 1.54) is 38.5 Å². The molecule has 2 unspecified atom stereocenters. The molecule has 14 heavy (non-hydrogen) atoms. The third-order valence-electron chi connectivity index (χ3n) is 3.99. The van der Waals surface area contributed by atoms with Crippen LogP contribution in [0.3, 0.4) is 0 Å². The van der Waals surface area contributed by atoms with Crippen LogP contribution in [0.5, 0.6) is 0 Å². The van der Waals surface area contributed by atoms with Crippen LogP contribution < -0.4 is 0 Å². The van der Waals surface area contributed by atoms with Gasteiger partial charge in [-0.05, 0) is 43.4 Å². The molecule has 0 amide bonds.